The summed E-state index contributed by atoms with van der Waals surface area (Å²) in [4.78, 5) is 0. The molecule has 0 saturated heterocycles. The van der Waals surface area contributed by atoms with Crippen molar-refractivity contribution in [1.29, 1.82) is 0 Å². The quantitative estimate of drug-likeness (QED) is 0.429. The van der Waals surface area contributed by atoms with Gasteiger partial charge in [-0.1, -0.05) is 0 Å². The molecule has 4 heteroatoms. The van der Waals surface area contributed by atoms with Crippen molar-refractivity contribution in [1.82, 2.24) is 5.06 Å². The van der Waals surface area contributed by atoms with E-state index in [1.807, 2.05) is 0 Å². The molecule has 0 aromatic heterocycles. The third-order valence-corrected chi connectivity index (χ3v) is 0.640. The van der Waals surface area contributed by atoms with Gasteiger partial charge in [-0.05, 0) is 0 Å². The Balaban J connectivity index is 2.50. The largest absolute Gasteiger partial charge is 0.455 e. The summed E-state index contributed by atoms with van der Waals surface area (Å²) in [7, 11) is 0. The van der Waals surface area contributed by atoms with Crippen molar-refractivity contribution in [3.05, 3.63) is 12.1 Å². The van der Waals surface area contributed by atoms with Gasteiger partial charge in [-0.2, -0.15) is 0 Å². The summed E-state index contributed by atoms with van der Waals surface area (Å²) in [5, 5.41) is 9.32. The third kappa shape index (κ3) is 0.747. The van der Waals surface area contributed by atoms with E-state index in [-0.39, 0.29) is 12.6 Å². The fourth-order valence-corrected chi connectivity index (χ4v) is 0.362. The Hall–Kier alpha value is -0.900. The van der Waals surface area contributed by atoms with Crippen LogP contribution < -0.4 is 5.73 Å². The molecule has 4 nitrogen and oxygen atoms in total. The van der Waals surface area contributed by atoms with E-state index >= 15 is 0 Å². The van der Waals surface area contributed by atoms with Gasteiger partial charge in [0.15, 0.2) is 6.73 Å². The fourth-order valence-electron chi connectivity index (χ4n) is 0.362. The van der Waals surface area contributed by atoms with Gasteiger partial charge >= 0.3 is 0 Å². The maximum absolute atomic E-state index is 8.45. The lowest BCUT2D eigenvalue weighted by atomic mass is 10.9. The fraction of sp³-hybridized carbons (Fsp3) is 0.333. The smallest absolute Gasteiger partial charge is 0.205 e. The second-order valence-corrected chi connectivity index (χ2v) is 1.24. The van der Waals surface area contributed by atoms with Gasteiger partial charge in [0.05, 0.1) is 6.20 Å². The maximum atomic E-state index is 8.45. The first-order chi connectivity index (χ1) is 3.29. The number of ether oxygens (including phenoxy) is 1. The van der Waals surface area contributed by atoms with E-state index in [1.54, 1.807) is 0 Å². The standard InChI is InChI=1S/C3H6N2O2/c4-3-1-5(6)2-7-3/h1,6H,2,4H2. The van der Waals surface area contributed by atoms with E-state index in [9.17, 15) is 0 Å². The molecule has 1 rings (SSSR count). The molecule has 0 saturated carbocycles. The lowest BCUT2D eigenvalue weighted by Crippen LogP contribution is -2.07. The van der Waals surface area contributed by atoms with E-state index < -0.39 is 0 Å². The van der Waals surface area contributed by atoms with Crippen LogP contribution >= 0.6 is 0 Å². The van der Waals surface area contributed by atoms with Crippen LogP contribution in [0.5, 0.6) is 0 Å². The van der Waals surface area contributed by atoms with Gasteiger partial charge in [0, 0.05) is 0 Å². The molecule has 0 aromatic rings. The molecule has 40 valence electrons. The van der Waals surface area contributed by atoms with Gasteiger partial charge in [0.1, 0.15) is 0 Å². The van der Waals surface area contributed by atoms with Crippen LogP contribution in [0.3, 0.4) is 0 Å². The zero-order chi connectivity index (χ0) is 5.28. The highest BCUT2D eigenvalue weighted by atomic mass is 16.6. The van der Waals surface area contributed by atoms with Gasteiger partial charge < -0.3 is 10.5 Å². The molecule has 1 aliphatic heterocycles. The molecule has 7 heavy (non-hydrogen) atoms. The van der Waals surface area contributed by atoms with Crippen LogP contribution in [-0.2, 0) is 4.74 Å². The van der Waals surface area contributed by atoms with Crippen molar-refractivity contribution in [3.8, 4) is 0 Å². The van der Waals surface area contributed by atoms with Crippen LogP contribution in [0.25, 0.3) is 0 Å². The van der Waals surface area contributed by atoms with Crippen molar-refractivity contribution in [2.45, 2.75) is 0 Å². The summed E-state index contributed by atoms with van der Waals surface area (Å²) in [5.41, 5.74) is 5.06. The highest BCUT2D eigenvalue weighted by Gasteiger charge is 2.04. The molecule has 0 unspecified atom stereocenters. The number of hydrogen-bond donors (Lipinski definition) is 2. The summed E-state index contributed by atoms with van der Waals surface area (Å²) in [5.74, 6) is 0.252. The minimum absolute atomic E-state index is 0.145. The Morgan fingerprint density at radius 2 is 2.71 bits per heavy atom. The molecule has 0 amide bonds. The molecule has 3 N–H and O–H groups in total. The molecule has 0 fully saturated rings. The highest BCUT2D eigenvalue weighted by Crippen LogP contribution is 1.99. The summed E-state index contributed by atoms with van der Waals surface area (Å²) < 4.78 is 4.58. The number of nitrogens with zero attached hydrogens (tertiary/aromatic N) is 1. The van der Waals surface area contributed by atoms with Gasteiger partial charge in [-0.25, -0.2) is 5.06 Å². The Labute approximate surface area is 40.7 Å². The zero-order valence-corrected chi connectivity index (χ0v) is 3.66. The Morgan fingerprint density at radius 3 is 2.86 bits per heavy atom. The lowest BCUT2D eigenvalue weighted by Gasteiger charge is -1.98. The first-order valence-electron chi connectivity index (χ1n) is 1.84. The van der Waals surface area contributed by atoms with Crippen LogP contribution in [0, 0.1) is 0 Å². The topological polar surface area (TPSA) is 58.7 Å². The van der Waals surface area contributed by atoms with Crippen molar-refractivity contribution >= 4 is 0 Å². The van der Waals surface area contributed by atoms with E-state index in [0.29, 0.717) is 0 Å². The Kier molecular flexibility index (Phi) is 0.796. The summed E-state index contributed by atoms with van der Waals surface area (Å²) in [6.07, 6.45) is 1.31. The Bertz CT molecular complexity index is 101. The zero-order valence-electron chi connectivity index (χ0n) is 3.66. The average molecular weight is 102 g/mol. The van der Waals surface area contributed by atoms with Crippen LogP contribution in [-0.4, -0.2) is 17.0 Å². The molecule has 0 aliphatic carbocycles. The van der Waals surface area contributed by atoms with Crippen molar-refractivity contribution < 1.29 is 9.94 Å². The third-order valence-electron chi connectivity index (χ3n) is 0.640. The molecular weight excluding hydrogens is 96.0 g/mol. The summed E-state index contributed by atoms with van der Waals surface area (Å²) in [6.45, 7) is 0.145. The summed E-state index contributed by atoms with van der Waals surface area (Å²) >= 11 is 0. The van der Waals surface area contributed by atoms with Gasteiger partial charge in [-0.15, -0.1) is 0 Å². The molecule has 0 atom stereocenters. The normalized spacial score (nSPS) is 19.0. The lowest BCUT2D eigenvalue weighted by molar-refractivity contribution is -0.0806. The van der Waals surface area contributed by atoms with Crippen molar-refractivity contribution in [2.75, 3.05) is 6.73 Å². The first-order valence-corrected chi connectivity index (χ1v) is 1.84. The van der Waals surface area contributed by atoms with E-state index in [2.05, 4.69) is 4.74 Å². The van der Waals surface area contributed by atoms with Crippen LogP contribution in [0.4, 0.5) is 0 Å². The second-order valence-electron chi connectivity index (χ2n) is 1.24. The van der Waals surface area contributed by atoms with E-state index in [1.165, 1.54) is 6.20 Å². The molecule has 0 aromatic carbocycles. The number of hydroxylamine groups is 2. The molecule has 0 spiro atoms. The summed E-state index contributed by atoms with van der Waals surface area (Å²) in [6, 6.07) is 0. The predicted octanol–water partition coefficient (Wildman–Crippen LogP) is -0.577. The minimum Gasteiger partial charge on any atom is -0.455 e. The number of hydrogen-bond acceptors (Lipinski definition) is 4. The molecule has 0 bridgehead atoms. The van der Waals surface area contributed by atoms with Gasteiger partial charge in [0.25, 0.3) is 0 Å². The number of rotatable bonds is 0. The molecule has 0 radical (unpaired) electrons. The monoisotopic (exact) mass is 102 g/mol. The average Bonchev–Trinajstić information content (AvgIpc) is 1.87. The van der Waals surface area contributed by atoms with Crippen LogP contribution in [0.1, 0.15) is 0 Å². The Morgan fingerprint density at radius 1 is 2.00 bits per heavy atom. The number of nitrogens with two attached hydrogens (primary N) is 1. The van der Waals surface area contributed by atoms with Crippen LogP contribution in [0.2, 0.25) is 0 Å². The van der Waals surface area contributed by atoms with Crippen molar-refractivity contribution in [3.63, 3.8) is 0 Å². The van der Waals surface area contributed by atoms with E-state index in [0.717, 1.165) is 5.06 Å². The van der Waals surface area contributed by atoms with Crippen LogP contribution in [0.15, 0.2) is 12.1 Å². The second kappa shape index (κ2) is 1.31. The highest BCUT2D eigenvalue weighted by molar-refractivity contribution is 4.87. The maximum Gasteiger partial charge on any atom is 0.205 e. The molecular formula is C3H6N2O2. The predicted molar refractivity (Wildman–Crippen MR) is 21.8 cm³/mol. The van der Waals surface area contributed by atoms with Gasteiger partial charge in [-0.3, -0.25) is 5.21 Å². The minimum atomic E-state index is 0.145. The van der Waals surface area contributed by atoms with Crippen molar-refractivity contribution in [2.24, 2.45) is 5.73 Å². The molecule has 1 heterocycles. The SMILES string of the molecule is NC1=CN(O)CO1. The molecule has 1 aliphatic rings. The van der Waals surface area contributed by atoms with Gasteiger partial charge in [0.2, 0.25) is 5.88 Å². The first kappa shape index (κ1) is 4.26. The van der Waals surface area contributed by atoms with E-state index in [4.69, 9.17) is 10.9 Å².